The number of ether oxygens (including phenoxy) is 2. The lowest BCUT2D eigenvalue weighted by atomic mass is 9.79. The van der Waals surface area contributed by atoms with Crippen molar-refractivity contribution in [1.82, 2.24) is 0 Å². The molecule has 30 heavy (non-hydrogen) atoms. The maximum atomic E-state index is 10.8. The highest BCUT2D eigenvalue weighted by Crippen LogP contribution is 2.41. The predicted octanol–water partition coefficient (Wildman–Crippen LogP) is 2.39. The summed E-state index contributed by atoms with van der Waals surface area (Å²) in [7, 11) is 1.57. The summed E-state index contributed by atoms with van der Waals surface area (Å²) in [4.78, 5) is 2.20. The Bertz CT molecular complexity index is 871. The summed E-state index contributed by atoms with van der Waals surface area (Å²) in [5, 5.41) is 41.0. The molecule has 6 nitrogen and oxygen atoms in total. The molecule has 1 aliphatic rings. The largest absolute Gasteiger partial charge is 0.396 e. The van der Waals surface area contributed by atoms with Gasteiger partial charge in [0.25, 0.3) is 0 Å². The molecule has 2 heterocycles. The fourth-order valence-corrected chi connectivity index (χ4v) is 5.30. The Kier molecular flexibility index (Phi) is 7.58. The molecule has 2 aromatic rings. The van der Waals surface area contributed by atoms with Gasteiger partial charge in [-0.1, -0.05) is 17.7 Å². The maximum absolute atomic E-state index is 10.8. The molecule has 1 aromatic carbocycles. The van der Waals surface area contributed by atoms with Crippen molar-refractivity contribution in [3.05, 3.63) is 55.7 Å². The molecule has 166 valence electrons. The van der Waals surface area contributed by atoms with Crippen molar-refractivity contribution in [2.75, 3.05) is 13.7 Å². The third-order valence-corrected chi connectivity index (χ3v) is 7.19. The van der Waals surface area contributed by atoms with Crippen LogP contribution in [0.15, 0.2) is 24.3 Å². The van der Waals surface area contributed by atoms with E-state index in [1.807, 2.05) is 18.2 Å². The summed E-state index contributed by atoms with van der Waals surface area (Å²) in [5.74, 6) is 0. The summed E-state index contributed by atoms with van der Waals surface area (Å²) in [6.45, 7) is 3.74. The first kappa shape index (κ1) is 23.6. The molecule has 5 atom stereocenters. The summed E-state index contributed by atoms with van der Waals surface area (Å²) < 4.78 is 11.4. The number of hydrogen-bond donors (Lipinski definition) is 4. The molecule has 3 rings (SSSR count). The van der Waals surface area contributed by atoms with Gasteiger partial charge in [-0.15, -0.1) is 11.3 Å². The third kappa shape index (κ3) is 4.59. The Hall–Kier alpha value is -1.03. The van der Waals surface area contributed by atoms with E-state index < -0.39 is 30.0 Å². The zero-order valence-electron chi connectivity index (χ0n) is 17.3. The van der Waals surface area contributed by atoms with Crippen molar-refractivity contribution in [3.63, 3.8) is 0 Å². The summed E-state index contributed by atoms with van der Waals surface area (Å²) in [6, 6.07) is 7.72. The lowest BCUT2D eigenvalue weighted by molar-refractivity contribution is -0.263. The first-order valence-electron chi connectivity index (χ1n) is 9.92. The van der Waals surface area contributed by atoms with E-state index >= 15 is 0 Å². The Morgan fingerprint density at radius 3 is 2.50 bits per heavy atom. The van der Waals surface area contributed by atoms with Crippen molar-refractivity contribution >= 4 is 22.9 Å². The standard InChI is InChI=1S/C22H29ClO6S/c1-12-19(25)20(26)21(27)22(2,29-12)17-9-13(18(23)10-14(17)11-28-3)8-16-5-4-15(30-16)6-7-24/h4-5,9-10,12,19-21,24-27H,6-8,11H2,1-3H3/t12-,19-,20+,21-,22+/m1/s1. The van der Waals surface area contributed by atoms with Crippen LogP contribution in [0.2, 0.25) is 5.02 Å². The molecule has 1 aliphatic heterocycles. The van der Waals surface area contributed by atoms with Gasteiger partial charge >= 0.3 is 0 Å². The van der Waals surface area contributed by atoms with Crippen LogP contribution in [0.25, 0.3) is 0 Å². The highest BCUT2D eigenvalue weighted by molar-refractivity contribution is 7.12. The summed E-state index contributed by atoms with van der Waals surface area (Å²) in [5.41, 5.74) is 1.02. The van der Waals surface area contributed by atoms with Gasteiger partial charge < -0.3 is 29.9 Å². The number of hydrogen-bond acceptors (Lipinski definition) is 7. The normalized spacial score (nSPS) is 29.3. The third-order valence-electron chi connectivity index (χ3n) is 5.70. The van der Waals surface area contributed by atoms with Crippen LogP contribution >= 0.6 is 22.9 Å². The summed E-state index contributed by atoms with van der Waals surface area (Å²) in [6.07, 6.45) is -3.31. The van der Waals surface area contributed by atoms with Crippen LogP contribution in [0.1, 0.15) is 40.3 Å². The SMILES string of the molecule is COCc1cc(Cl)c(Cc2ccc(CCO)s2)cc1[C@]1(C)O[C@H](C)[C@@H](O)[C@H](O)[C@H]1O. The zero-order valence-corrected chi connectivity index (χ0v) is 18.9. The molecule has 0 radical (unpaired) electrons. The molecule has 0 aliphatic carbocycles. The van der Waals surface area contributed by atoms with Crippen molar-refractivity contribution in [2.24, 2.45) is 0 Å². The number of aliphatic hydroxyl groups is 4. The molecule has 0 saturated carbocycles. The quantitative estimate of drug-likeness (QED) is 0.510. The fraction of sp³-hybridized carbons (Fsp3) is 0.545. The van der Waals surface area contributed by atoms with E-state index in [2.05, 4.69) is 0 Å². The number of benzene rings is 1. The van der Waals surface area contributed by atoms with Gasteiger partial charge in [0.1, 0.15) is 23.9 Å². The Morgan fingerprint density at radius 1 is 1.13 bits per heavy atom. The van der Waals surface area contributed by atoms with Crippen LogP contribution in [0.5, 0.6) is 0 Å². The van der Waals surface area contributed by atoms with E-state index in [4.69, 9.17) is 26.2 Å². The molecule has 1 saturated heterocycles. The van der Waals surface area contributed by atoms with E-state index in [0.29, 0.717) is 23.4 Å². The van der Waals surface area contributed by atoms with Crippen LogP contribution in [-0.4, -0.2) is 58.6 Å². The maximum Gasteiger partial charge on any atom is 0.120 e. The average Bonchev–Trinajstić information content (AvgIpc) is 3.14. The van der Waals surface area contributed by atoms with Gasteiger partial charge in [0.05, 0.1) is 12.7 Å². The number of halogens is 1. The molecule has 0 unspecified atom stereocenters. The number of aliphatic hydroxyl groups excluding tert-OH is 4. The van der Waals surface area contributed by atoms with Gasteiger partial charge in [-0.3, -0.25) is 0 Å². The molecule has 1 aromatic heterocycles. The van der Waals surface area contributed by atoms with Crippen LogP contribution in [0.4, 0.5) is 0 Å². The van der Waals surface area contributed by atoms with Crippen LogP contribution < -0.4 is 0 Å². The monoisotopic (exact) mass is 456 g/mol. The van der Waals surface area contributed by atoms with E-state index in [0.717, 1.165) is 20.9 Å². The van der Waals surface area contributed by atoms with Gasteiger partial charge in [0.15, 0.2) is 0 Å². The van der Waals surface area contributed by atoms with Gasteiger partial charge in [0, 0.05) is 41.3 Å². The van der Waals surface area contributed by atoms with Crippen LogP contribution in [-0.2, 0) is 34.5 Å². The van der Waals surface area contributed by atoms with E-state index in [9.17, 15) is 15.3 Å². The molecule has 0 amide bonds. The number of methoxy groups -OCH3 is 1. The van der Waals surface area contributed by atoms with Crippen molar-refractivity contribution in [1.29, 1.82) is 0 Å². The van der Waals surface area contributed by atoms with E-state index in [1.165, 1.54) is 0 Å². The highest BCUT2D eigenvalue weighted by Gasteiger charge is 2.51. The van der Waals surface area contributed by atoms with Crippen molar-refractivity contribution in [2.45, 2.75) is 63.3 Å². The van der Waals surface area contributed by atoms with Gasteiger partial charge in [-0.2, -0.15) is 0 Å². The Morgan fingerprint density at radius 2 is 1.83 bits per heavy atom. The minimum absolute atomic E-state index is 0.108. The molecule has 1 fully saturated rings. The topological polar surface area (TPSA) is 99.4 Å². The minimum atomic E-state index is -1.34. The lowest BCUT2D eigenvalue weighted by Gasteiger charge is -2.47. The molecular formula is C22H29ClO6S. The van der Waals surface area contributed by atoms with Crippen LogP contribution in [0, 0.1) is 0 Å². The highest BCUT2D eigenvalue weighted by atomic mass is 35.5. The number of thiophene rings is 1. The van der Waals surface area contributed by atoms with E-state index in [-0.39, 0.29) is 13.2 Å². The first-order chi connectivity index (χ1) is 14.2. The van der Waals surface area contributed by atoms with Gasteiger partial charge in [0.2, 0.25) is 0 Å². The zero-order chi connectivity index (χ0) is 22.1. The Balaban J connectivity index is 2.02. The second-order valence-corrected chi connectivity index (χ2v) is 9.57. The van der Waals surface area contributed by atoms with E-state index in [1.54, 1.807) is 38.4 Å². The predicted molar refractivity (Wildman–Crippen MR) is 116 cm³/mol. The molecule has 8 heteroatoms. The second-order valence-electron chi connectivity index (χ2n) is 7.91. The fourth-order valence-electron chi connectivity index (χ4n) is 4.02. The van der Waals surface area contributed by atoms with Gasteiger partial charge in [-0.25, -0.2) is 0 Å². The van der Waals surface area contributed by atoms with Crippen molar-refractivity contribution in [3.8, 4) is 0 Å². The van der Waals surface area contributed by atoms with Crippen LogP contribution in [0.3, 0.4) is 0 Å². The molecule has 4 N–H and O–H groups in total. The first-order valence-corrected chi connectivity index (χ1v) is 11.1. The molecule has 0 bridgehead atoms. The van der Waals surface area contributed by atoms with Crippen molar-refractivity contribution < 1.29 is 29.9 Å². The molecule has 0 spiro atoms. The lowest BCUT2D eigenvalue weighted by Crippen LogP contribution is -2.61. The van der Waals surface area contributed by atoms with Gasteiger partial charge in [-0.05, 0) is 48.7 Å². The number of rotatable bonds is 7. The average molecular weight is 457 g/mol. The Labute approximate surface area is 185 Å². The second kappa shape index (κ2) is 9.63. The smallest absolute Gasteiger partial charge is 0.120 e. The molecular weight excluding hydrogens is 428 g/mol. The minimum Gasteiger partial charge on any atom is -0.396 e. The summed E-state index contributed by atoms with van der Waals surface area (Å²) >= 11 is 8.19.